The summed E-state index contributed by atoms with van der Waals surface area (Å²) in [4.78, 5) is 12.0. The molecule has 0 aliphatic rings. The second-order valence-corrected chi connectivity index (χ2v) is 2.76. The van der Waals surface area contributed by atoms with Crippen LogP contribution in [-0.4, -0.2) is 43.7 Å². The van der Waals surface area contributed by atoms with E-state index in [0.717, 1.165) is 4.90 Å². The molecule has 1 unspecified atom stereocenters. The Morgan fingerprint density at radius 2 is 2.07 bits per heavy atom. The van der Waals surface area contributed by atoms with Gasteiger partial charge in [0, 0.05) is 13.7 Å². The van der Waals surface area contributed by atoms with Crippen molar-refractivity contribution >= 4 is 6.09 Å². The lowest BCUT2D eigenvalue weighted by Gasteiger charge is -2.27. The summed E-state index contributed by atoms with van der Waals surface area (Å²) in [5, 5.41) is 0. The highest BCUT2D eigenvalue weighted by molar-refractivity contribution is 5.68. The monoisotopic (exact) mass is 229 g/mol. The van der Waals surface area contributed by atoms with Crippen molar-refractivity contribution in [3.05, 3.63) is 0 Å². The Hall–Kier alpha value is -0.980. The van der Waals surface area contributed by atoms with Gasteiger partial charge in [0.2, 0.25) is 0 Å². The van der Waals surface area contributed by atoms with E-state index in [1.54, 1.807) is 6.92 Å². The zero-order valence-corrected chi connectivity index (χ0v) is 8.80. The Labute approximate surface area is 85.9 Å². The van der Waals surface area contributed by atoms with Crippen LogP contribution in [0.1, 0.15) is 13.8 Å². The minimum Gasteiger partial charge on any atom is -0.382 e. The molecule has 4 nitrogen and oxygen atoms in total. The normalized spacial score (nSPS) is 13.5. The lowest BCUT2D eigenvalue weighted by Crippen LogP contribution is -2.43. The van der Waals surface area contributed by atoms with Crippen LogP contribution in [0.25, 0.3) is 0 Å². The maximum absolute atomic E-state index is 12.4. The minimum atomic E-state index is -4.09. The molecule has 1 amide bonds. The molecule has 1 atom stereocenters. The van der Waals surface area contributed by atoms with Gasteiger partial charge in [-0.25, -0.2) is 9.18 Å². The maximum Gasteiger partial charge on any atom is 0.430 e. The Balaban J connectivity index is 4.40. The van der Waals surface area contributed by atoms with Gasteiger partial charge in [-0.15, -0.1) is 0 Å². The molecule has 0 aliphatic carbocycles. The van der Waals surface area contributed by atoms with Gasteiger partial charge < -0.3 is 9.47 Å². The lowest BCUT2D eigenvalue weighted by atomic mass is 10.5. The highest BCUT2D eigenvalue weighted by Crippen LogP contribution is 2.18. The molecule has 0 aliphatic heterocycles. The van der Waals surface area contributed by atoms with E-state index in [1.807, 2.05) is 0 Å². The summed E-state index contributed by atoms with van der Waals surface area (Å²) < 4.78 is 44.9. The molecule has 0 N–H and O–H groups in total. The zero-order chi connectivity index (χ0) is 12.1. The fourth-order valence-corrected chi connectivity index (χ4v) is 0.876. The largest absolute Gasteiger partial charge is 0.430 e. The number of nitrogens with zero attached hydrogens (tertiary/aromatic N) is 1. The molecule has 0 radical (unpaired) electrons. The molecule has 0 fully saturated rings. The first kappa shape index (κ1) is 14.0. The van der Waals surface area contributed by atoms with E-state index in [9.17, 15) is 18.0 Å². The number of methoxy groups -OCH3 is 1. The number of hydrogen-bond donors (Lipinski definition) is 0. The summed E-state index contributed by atoms with van der Waals surface area (Å²) >= 11 is 0. The number of hydrogen-bond acceptors (Lipinski definition) is 3. The van der Waals surface area contributed by atoms with Crippen LogP contribution in [0.15, 0.2) is 0 Å². The number of carbonyl (C=O) groups excluding carboxylic acids is 1. The second kappa shape index (κ2) is 5.79. The Bertz CT molecular complexity index is 213. The van der Waals surface area contributed by atoms with Crippen molar-refractivity contribution in [2.45, 2.75) is 26.2 Å². The maximum atomic E-state index is 12.4. The van der Waals surface area contributed by atoms with E-state index in [-0.39, 0.29) is 6.54 Å². The summed E-state index contributed by atoms with van der Waals surface area (Å²) in [6.07, 6.45) is -6.11. The van der Waals surface area contributed by atoms with Crippen LogP contribution >= 0.6 is 0 Å². The molecule has 7 heteroatoms. The van der Waals surface area contributed by atoms with E-state index < -0.39 is 25.1 Å². The van der Waals surface area contributed by atoms with Gasteiger partial charge >= 0.3 is 12.2 Å². The molecule has 15 heavy (non-hydrogen) atoms. The Morgan fingerprint density at radius 3 is 2.40 bits per heavy atom. The molecule has 0 aromatic rings. The fourth-order valence-electron chi connectivity index (χ4n) is 0.876. The molecule has 0 rings (SSSR count). The highest BCUT2D eigenvalue weighted by atomic mass is 19.3. The van der Waals surface area contributed by atoms with E-state index in [2.05, 4.69) is 4.74 Å². The van der Waals surface area contributed by atoms with Gasteiger partial charge in [0.15, 0.2) is 6.67 Å². The highest BCUT2D eigenvalue weighted by Gasteiger charge is 2.36. The van der Waals surface area contributed by atoms with E-state index in [0.29, 0.717) is 0 Å². The minimum absolute atomic E-state index is 0.121. The first-order valence-corrected chi connectivity index (χ1v) is 4.34. The first-order chi connectivity index (χ1) is 6.87. The van der Waals surface area contributed by atoms with Crippen molar-refractivity contribution in [1.82, 2.24) is 4.90 Å². The van der Waals surface area contributed by atoms with Crippen molar-refractivity contribution in [1.29, 1.82) is 0 Å². The quantitative estimate of drug-likeness (QED) is 0.677. The van der Waals surface area contributed by atoms with Crippen LogP contribution in [0.5, 0.6) is 0 Å². The van der Waals surface area contributed by atoms with Crippen LogP contribution in [0.4, 0.5) is 18.0 Å². The van der Waals surface area contributed by atoms with Crippen molar-refractivity contribution in [3.63, 3.8) is 0 Å². The second-order valence-electron chi connectivity index (χ2n) is 2.76. The van der Waals surface area contributed by atoms with Crippen LogP contribution < -0.4 is 0 Å². The predicted octanol–water partition coefficient (Wildman–Crippen LogP) is 2.00. The standard InChI is InChI=1S/C8H14F3NO3/c1-4-12(6(2)14-3)7(13)15-8(10,11)5-9/h6H,4-5H2,1-3H3. The van der Waals surface area contributed by atoms with Gasteiger partial charge in [0.25, 0.3) is 0 Å². The average Bonchev–Trinajstić information content (AvgIpc) is 2.17. The fraction of sp³-hybridized carbons (Fsp3) is 0.875. The smallest absolute Gasteiger partial charge is 0.382 e. The number of amides is 1. The zero-order valence-electron chi connectivity index (χ0n) is 8.80. The molecule has 0 aromatic carbocycles. The average molecular weight is 229 g/mol. The lowest BCUT2D eigenvalue weighted by molar-refractivity contribution is -0.216. The van der Waals surface area contributed by atoms with Crippen molar-refractivity contribution < 1.29 is 27.4 Å². The first-order valence-electron chi connectivity index (χ1n) is 4.34. The third-order valence-electron chi connectivity index (χ3n) is 1.75. The van der Waals surface area contributed by atoms with Crippen LogP contribution in [0.2, 0.25) is 0 Å². The molecule has 0 spiro atoms. The number of rotatable bonds is 5. The van der Waals surface area contributed by atoms with Crippen LogP contribution in [-0.2, 0) is 9.47 Å². The van der Waals surface area contributed by atoms with Crippen LogP contribution in [0.3, 0.4) is 0 Å². The number of halogens is 3. The van der Waals surface area contributed by atoms with E-state index >= 15 is 0 Å². The van der Waals surface area contributed by atoms with E-state index in [1.165, 1.54) is 14.0 Å². The van der Waals surface area contributed by atoms with Crippen molar-refractivity contribution in [2.75, 3.05) is 20.3 Å². The summed E-state index contributed by atoms with van der Waals surface area (Å²) in [5.74, 6) is 0. The summed E-state index contributed by atoms with van der Waals surface area (Å²) in [5.41, 5.74) is 0. The molecule has 0 saturated carbocycles. The molecule has 0 saturated heterocycles. The van der Waals surface area contributed by atoms with Gasteiger partial charge in [0.05, 0.1) is 0 Å². The molecule has 0 heterocycles. The summed E-state index contributed by atoms with van der Waals surface area (Å²) in [6.45, 7) is 1.12. The molecular formula is C8H14F3NO3. The van der Waals surface area contributed by atoms with Gasteiger partial charge in [-0.3, -0.25) is 4.90 Å². The molecule has 90 valence electrons. The van der Waals surface area contributed by atoms with E-state index in [4.69, 9.17) is 4.74 Å². The SMILES string of the molecule is CCN(C(=O)OC(F)(F)CF)C(C)OC. The van der Waals surface area contributed by atoms with Crippen LogP contribution in [0, 0.1) is 0 Å². The molecule has 0 bridgehead atoms. The molecule has 0 aromatic heterocycles. The van der Waals surface area contributed by atoms with Crippen molar-refractivity contribution in [3.8, 4) is 0 Å². The third-order valence-corrected chi connectivity index (χ3v) is 1.75. The van der Waals surface area contributed by atoms with Gasteiger partial charge in [-0.2, -0.15) is 8.78 Å². The van der Waals surface area contributed by atoms with Gasteiger partial charge in [-0.1, -0.05) is 0 Å². The summed E-state index contributed by atoms with van der Waals surface area (Å²) in [7, 11) is 1.31. The predicted molar refractivity (Wildman–Crippen MR) is 46.3 cm³/mol. The summed E-state index contributed by atoms with van der Waals surface area (Å²) in [6, 6.07) is 0. The number of ether oxygens (including phenoxy) is 2. The topological polar surface area (TPSA) is 38.8 Å². The van der Waals surface area contributed by atoms with Gasteiger partial charge in [0.1, 0.15) is 6.23 Å². The number of alkyl halides is 3. The molecular weight excluding hydrogens is 215 g/mol. The Morgan fingerprint density at radius 1 is 1.53 bits per heavy atom. The van der Waals surface area contributed by atoms with Gasteiger partial charge in [-0.05, 0) is 13.8 Å². The third kappa shape index (κ3) is 4.37. The number of carbonyl (C=O) groups is 1. The van der Waals surface area contributed by atoms with Crippen molar-refractivity contribution in [2.24, 2.45) is 0 Å². The Kier molecular flexibility index (Phi) is 5.41.